The van der Waals surface area contributed by atoms with Gasteiger partial charge in [-0.3, -0.25) is 0 Å². The summed E-state index contributed by atoms with van der Waals surface area (Å²) in [6.07, 6.45) is 1.51. The first-order valence-corrected chi connectivity index (χ1v) is 4.90. The zero-order valence-corrected chi connectivity index (χ0v) is 8.73. The molecule has 1 aromatic carbocycles. The van der Waals surface area contributed by atoms with Crippen LogP contribution < -0.4 is 0 Å². The van der Waals surface area contributed by atoms with Gasteiger partial charge in [-0.1, -0.05) is 0 Å². The van der Waals surface area contributed by atoms with E-state index < -0.39 is 17.6 Å². The van der Waals surface area contributed by atoms with E-state index in [-0.39, 0.29) is 17.8 Å². The molecule has 0 radical (unpaired) electrons. The Bertz CT molecular complexity index is 563. The first-order chi connectivity index (χ1) is 8.08. The number of hydrogen-bond donors (Lipinski definition) is 1. The van der Waals surface area contributed by atoms with Crippen molar-refractivity contribution in [1.82, 2.24) is 4.57 Å². The molecule has 0 fully saturated rings. The van der Waals surface area contributed by atoms with Crippen LogP contribution in [0.15, 0.2) is 36.5 Å². The van der Waals surface area contributed by atoms with Gasteiger partial charge in [0.25, 0.3) is 0 Å². The van der Waals surface area contributed by atoms with Crippen LogP contribution in [-0.4, -0.2) is 15.6 Å². The number of carboxylic acids is 1. The average Bonchev–Trinajstić information content (AvgIpc) is 2.71. The van der Waals surface area contributed by atoms with Gasteiger partial charge >= 0.3 is 5.97 Å². The number of benzene rings is 1. The molecule has 0 unspecified atom stereocenters. The van der Waals surface area contributed by atoms with Crippen LogP contribution in [0, 0.1) is 11.6 Å². The van der Waals surface area contributed by atoms with Gasteiger partial charge in [0.2, 0.25) is 0 Å². The minimum Gasteiger partial charge on any atom is -0.477 e. The molecule has 5 heteroatoms. The maximum absolute atomic E-state index is 13.4. The van der Waals surface area contributed by atoms with E-state index >= 15 is 0 Å². The Labute approximate surface area is 95.9 Å². The van der Waals surface area contributed by atoms with E-state index in [2.05, 4.69) is 0 Å². The van der Waals surface area contributed by atoms with Crippen molar-refractivity contribution < 1.29 is 18.7 Å². The first-order valence-electron chi connectivity index (χ1n) is 4.90. The standard InChI is InChI=1S/C12H9F2NO2/c13-9-3-4-10(14)8(6-9)7-15-5-1-2-11(15)12(16)17/h1-6H,7H2,(H,16,17). The highest BCUT2D eigenvalue weighted by Crippen LogP contribution is 2.13. The number of rotatable bonds is 3. The number of hydrogen-bond acceptors (Lipinski definition) is 1. The highest BCUT2D eigenvalue weighted by molar-refractivity contribution is 5.85. The summed E-state index contributed by atoms with van der Waals surface area (Å²) < 4.78 is 27.7. The van der Waals surface area contributed by atoms with Gasteiger partial charge in [0, 0.05) is 11.8 Å². The normalized spacial score (nSPS) is 10.5. The Morgan fingerprint density at radius 1 is 1.29 bits per heavy atom. The lowest BCUT2D eigenvalue weighted by molar-refractivity contribution is 0.0685. The molecule has 88 valence electrons. The van der Waals surface area contributed by atoms with Crippen LogP contribution in [0.2, 0.25) is 0 Å². The molecule has 2 aromatic rings. The van der Waals surface area contributed by atoms with E-state index in [1.807, 2.05) is 0 Å². The van der Waals surface area contributed by atoms with Crippen LogP contribution in [0.1, 0.15) is 16.1 Å². The predicted octanol–water partition coefficient (Wildman–Crippen LogP) is 2.51. The maximum Gasteiger partial charge on any atom is 0.352 e. The van der Waals surface area contributed by atoms with E-state index in [1.165, 1.54) is 16.8 Å². The van der Waals surface area contributed by atoms with Gasteiger partial charge in [-0.05, 0) is 30.3 Å². The highest BCUT2D eigenvalue weighted by atomic mass is 19.1. The molecule has 1 aromatic heterocycles. The summed E-state index contributed by atoms with van der Waals surface area (Å²) in [4.78, 5) is 10.8. The van der Waals surface area contributed by atoms with E-state index in [0.717, 1.165) is 18.2 Å². The molecule has 0 bridgehead atoms. The summed E-state index contributed by atoms with van der Waals surface area (Å²) in [6.45, 7) is -0.0156. The first kappa shape index (κ1) is 11.3. The van der Waals surface area contributed by atoms with Crippen LogP contribution in [0.5, 0.6) is 0 Å². The molecule has 0 aliphatic rings. The minimum atomic E-state index is -1.10. The second-order valence-electron chi connectivity index (χ2n) is 3.56. The SMILES string of the molecule is O=C(O)c1cccn1Cc1cc(F)ccc1F. The second kappa shape index (κ2) is 4.37. The van der Waals surface area contributed by atoms with Crippen molar-refractivity contribution in [1.29, 1.82) is 0 Å². The smallest absolute Gasteiger partial charge is 0.352 e. The zero-order chi connectivity index (χ0) is 12.4. The lowest BCUT2D eigenvalue weighted by atomic mass is 10.2. The molecule has 0 saturated heterocycles. The zero-order valence-electron chi connectivity index (χ0n) is 8.73. The molecule has 1 heterocycles. The second-order valence-corrected chi connectivity index (χ2v) is 3.56. The number of carboxylic acid groups (broad SMARTS) is 1. The lowest BCUT2D eigenvalue weighted by Gasteiger charge is -2.07. The Kier molecular flexibility index (Phi) is 2.91. The summed E-state index contributed by atoms with van der Waals surface area (Å²) in [5.41, 5.74) is 0.150. The average molecular weight is 237 g/mol. The van der Waals surface area contributed by atoms with Crippen molar-refractivity contribution in [2.75, 3.05) is 0 Å². The monoisotopic (exact) mass is 237 g/mol. The molecular formula is C12H9F2NO2. The summed E-state index contributed by atoms with van der Waals surface area (Å²) in [5, 5.41) is 8.87. The highest BCUT2D eigenvalue weighted by Gasteiger charge is 2.11. The van der Waals surface area contributed by atoms with Crippen LogP contribution in [0.25, 0.3) is 0 Å². The summed E-state index contributed by atoms with van der Waals surface area (Å²) in [5.74, 6) is -2.21. The van der Waals surface area contributed by atoms with Crippen molar-refractivity contribution in [2.45, 2.75) is 6.54 Å². The van der Waals surface area contributed by atoms with Gasteiger partial charge in [-0.2, -0.15) is 0 Å². The number of aromatic nitrogens is 1. The maximum atomic E-state index is 13.4. The largest absolute Gasteiger partial charge is 0.477 e. The molecular weight excluding hydrogens is 228 g/mol. The van der Waals surface area contributed by atoms with Crippen molar-refractivity contribution in [2.24, 2.45) is 0 Å². The molecule has 17 heavy (non-hydrogen) atoms. The van der Waals surface area contributed by atoms with Gasteiger partial charge < -0.3 is 9.67 Å². The van der Waals surface area contributed by atoms with Crippen molar-refractivity contribution >= 4 is 5.97 Å². The van der Waals surface area contributed by atoms with Gasteiger partial charge in [0.05, 0.1) is 6.54 Å². The third-order valence-electron chi connectivity index (χ3n) is 2.40. The quantitative estimate of drug-likeness (QED) is 0.891. The lowest BCUT2D eigenvalue weighted by Crippen LogP contribution is -2.09. The van der Waals surface area contributed by atoms with Gasteiger partial charge in [-0.15, -0.1) is 0 Å². The number of carbonyl (C=O) groups is 1. The van der Waals surface area contributed by atoms with Crippen LogP contribution in [-0.2, 0) is 6.54 Å². The molecule has 0 aliphatic carbocycles. The minimum absolute atomic E-state index is 0.0156. The number of halogens is 2. The summed E-state index contributed by atoms with van der Waals surface area (Å²) in [7, 11) is 0. The van der Waals surface area contributed by atoms with E-state index in [0.29, 0.717) is 0 Å². The Hall–Kier alpha value is -2.17. The van der Waals surface area contributed by atoms with E-state index in [9.17, 15) is 13.6 Å². The van der Waals surface area contributed by atoms with Crippen molar-refractivity contribution in [3.63, 3.8) is 0 Å². The number of nitrogens with zero attached hydrogens (tertiary/aromatic N) is 1. The molecule has 0 spiro atoms. The Morgan fingerprint density at radius 2 is 2.06 bits per heavy atom. The molecule has 2 rings (SSSR count). The summed E-state index contributed by atoms with van der Waals surface area (Å²) in [6, 6.07) is 6.04. The van der Waals surface area contributed by atoms with E-state index in [1.54, 1.807) is 6.07 Å². The molecule has 0 saturated carbocycles. The third-order valence-corrected chi connectivity index (χ3v) is 2.40. The van der Waals surface area contributed by atoms with Crippen LogP contribution in [0.4, 0.5) is 8.78 Å². The fourth-order valence-corrected chi connectivity index (χ4v) is 1.59. The van der Waals surface area contributed by atoms with Gasteiger partial charge in [0.1, 0.15) is 17.3 Å². The molecule has 0 amide bonds. The molecule has 0 atom stereocenters. The van der Waals surface area contributed by atoms with Crippen molar-refractivity contribution in [3.8, 4) is 0 Å². The van der Waals surface area contributed by atoms with Crippen LogP contribution >= 0.6 is 0 Å². The molecule has 1 N–H and O–H groups in total. The Morgan fingerprint density at radius 3 is 2.76 bits per heavy atom. The third kappa shape index (κ3) is 2.33. The van der Waals surface area contributed by atoms with Crippen LogP contribution in [0.3, 0.4) is 0 Å². The molecule has 0 aliphatic heterocycles. The van der Waals surface area contributed by atoms with E-state index in [4.69, 9.17) is 5.11 Å². The fraction of sp³-hybridized carbons (Fsp3) is 0.0833. The summed E-state index contributed by atoms with van der Waals surface area (Å²) >= 11 is 0. The topological polar surface area (TPSA) is 42.2 Å². The molecule has 3 nitrogen and oxygen atoms in total. The predicted molar refractivity (Wildman–Crippen MR) is 56.9 cm³/mol. The Balaban J connectivity index is 2.34. The van der Waals surface area contributed by atoms with Gasteiger partial charge in [-0.25, -0.2) is 13.6 Å². The van der Waals surface area contributed by atoms with Gasteiger partial charge in [0.15, 0.2) is 0 Å². The number of aromatic carboxylic acids is 1. The van der Waals surface area contributed by atoms with Crippen molar-refractivity contribution in [3.05, 3.63) is 59.4 Å². The fourth-order valence-electron chi connectivity index (χ4n) is 1.59.